The number of aromatic nitrogens is 2. The zero-order valence-electron chi connectivity index (χ0n) is 8.49. The summed E-state index contributed by atoms with van der Waals surface area (Å²) in [5, 5.41) is 11.7. The van der Waals surface area contributed by atoms with Gasteiger partial charge in [-0.15, -0.1) is 0 Å². The van der Waals surface area contributed by atoms with Crippen molar-refractivity contribution in [2.24, 2.45) is 5.92 Å². The van der Waals surface area contributed by atoms with Gasteiger partial charge < -0.3 is 5.32 Å². The summed E-state index contributed by atoms with van der Waals surface area (Å²) in [5.41, 5.74) is 0.395. The van der Waals surface area contributed by atoms with E-state index >= 15 is 0 Å². The predicted octanol–water partition coefficient (Wildman–Crippen LogP) is 1.81. The van der Waals surface area contributed by atoms with Gasteiger partial charge >= 0.3 is 0 Å². The van der Waals surface area contributed by atoms with Crippen LogP contribution in [-0.2, 0) is 0 Å². The first kappa shape index (κ1) is 10.5. The van der Waals surface area contributed by atoms with Crippen LogP contribution in [0.3, 0.4) is 0 Å². The molecule has 0 fully saturated rings. The van der Waals surface area contributed by atoms with Crippen LogP contribution < -0.4 is 5.32 Å². The summed E-state index contributed by atoms with van der Waals surface area (Å²) in [6, 6.07) is 3.57. The van der Waals surface area contributed by atoms with E-state index in [1.54, 1.807) is 12.3 Å². The average Bonchev–Trinajstić information content (AvgIpc) is 2.26. The van der Waals surface area contributed by atoms with Crippen LogP contribution >= 0.6 is 0 Å². The Kier molecular flexibility index (Phi) is 3.86. The molecule has 1 aromatic heterocycles. The molecule has 4 heteroatoms. The molecule has 74 valence electrons. The van der Waals surface area contributed by atoms with Crippen LogP contribution in [0.25, 0.3) is 0 Å². The van der Waals surface area contributed by atoms with Crippen molar-refractivity contribution in [2.75, 3.05) is 11.9 Å². The van der Waals surface area contributed by atoms with Crippen molar-refractivity contribution >= 4 is 5.95 Å². The topological polar surface area (TPSA) is 61.6 Å². The fraction of sp³-hybridized carbons (Fsp3) is 0.500. The summed E-state index contributed by atoms with van der Waals surface area (Å²) < 4.78 is 0. The number of nitriles is 1. The van der Waals surface area contributed by atoms with Crippen LogP contribution in [0.5, 0.6) is 0 Å². The van der Waals surface area contributed by atoms with Crippen LogP contribution in [0.4, 0.5) is 5.95 Å². The lowest BCUT2D eigenvalue weighted by molar-refractivity contribution is 0.591. The highest BCUT2D eigenvalue weighted by atomic mass is 15.1. The first-order valence-electron chi connectivity index (χ1n) is 4.73. The van der Waals surface area contributed by atoms with E-state index in [-0.39, 0.29) is 0 Å². The van der Waals surface area contributed by atoms with Crippen molar-refractivity contribution in [1.29, 1.82) is 5.26 Å². The molecular weight excluding hydrogens is 176 g/mol. The van der Waals surface area contributed by atoms with Gasteiger partial charge in [-0.05, 0) is 12.0 Å². The Morgan fingerprint density at radius 3 is 3.07 bits per heavy atom. The molecule has 0 aromatic carbocycles. The molecule has 0 aliphatic carbocycles. The second-order valence-corrected chi connectivity index (χ2v) is 3.27. The van der Waals surface area contributed by atoms with E-state index in [1.165, 1.54) is 0 Å². The van der Waals surface area contributed by atoms with Gasteiger partial charge in [0.2, 0.25) is 5.95 Å². The highest BCUT2D eigenvalue weighted by Crippen LogP contribution is 2.03. The number of nitrogens with zero attached hydrogens (tertiary/aromatic N) is 3. The van der Waals surface area contributed by atoms with Gasteiger partial charge in [0.15, 0.2) is 0 Å². The van der Waals surface area contributed by atoms with Gasteiger partial charge in [-0.3, -0.25) is 0 Å². The van der Waals surface area contributed by atoms with E-state index in [2.05, 4.69) is 29.1 Å². The minimum absolute atomic E-state index is 0.395. The van der Waals surface area contributed by atoms with Gasteiger partial charge in [-0.2, -0.15) is 5.26 Å². The van der Waals surface area contributed by atoms with Crippen LogP contribution in [0.15, 0.2) is 12.3 Å². The Morgan fingerprint density at radius 1 is 1.64 bits per heavy atom. The second kappa shape index (κ2) is 5.18. The molecule has 1 N–H and O–H groups in total. The Hall–Kier alpha value is -1.63. The summed E-state index contributed by atoms with van der Waals surface area (Å²) in [6.45, 7) is 5.13. The fourth-order valence-corrected chi connectivity index (χ4v) is 0.916. The standard InChI is InChI=1S/C10H14N4/c1-3-8(2)7-13-10-12-5-4-9(6-11)14-10/h4-5,8H,3,7H2,1-2H3,(H,12,13,14). The van der Waals surface area contributed by atoms with E-state index in [0.717, 1.165) is 13.0 Å². The summed E-state index contributed by atoms with van der Waals surface area (Å²) in [5.74, 6) is 1.12. The molecule has 0 saturated heterocycles. The van der Waals surface area contributed by atoms with Crippen molar-refractivity contribution in [3.05, 3.63) is 18.0 Å². The van der Waals surface area contributed by atoms with Crippen molar-refractivity contribution in [3.63, 3.8) is 0 Å². The van der Waals surface area contributed by atoms with Gasteiger partial charge in [0, 0.05) is 12.7 Å². The molecule has 1 unspecified atom stereocenters. The van der Waals surface area contributed by atoms with E-state index < -0.39 is 0 Å². The maximum atomic E-state index is 8.62. The molecule has 14 heavy (non-hydrogen) atoms. The normalized spacial score (nSPS) is 11.8. The highest BCUT2D eigenvalue weighted by molar-refractivity contribution is 5.29. The van der Waals surface area contributed by atoms with E-state index in [9.17, 15) is 0 Å². The summed E-state index contributed by atoms with van der Waals surface area (Å²) >= 11 is 0. The Labute approximate surface area is 84.0 Å². The maximum Gasteiger partial charge on any atom is 0.223 e. The summed E-state index contributed by atoms with van der Waals surface area (Å²) in [4.78, 5) is 8.03. The molecule has 1 heterocycles. The number of hydrogen-bond donors (Lipinski definition) is 1. The number of nitrogens with one attached hydrogen (secondary N) is 1. The lowest BCUT2D eigenvalue weighted by Gasteiger charge is -2.09. The first-order chi connectivity index (χ1) is 6.76. The average molecular weight is 190 g/mol. The van der Waals surface area contributed by atoms with Crippen LogP contribution in [-0.4, -0.2) is 16.5 Å². The van der Waals surface area contributed by atoms with Crippen LogP contribution in [0.2, 0.25) is 0 Å². The molecule has 0 spiro atoms. The Bertz CT molecular complexity index is 329. The smallest absolute Gasteiger partial charge is 0.223 e. The molecule has 0 aliphatic rings. The molecule has 0 bridgehead atoms. The van der Waals surface area contributed by atoms with Gasteiger partial charge in [-0.1, -0.05) is 20.3 Å². The van der Waals surface area contributed by atoms with Crippen LogP contribution in [0, 0.1) is 17.2 Å². The molecule has 1 aromatic rings. The highest BCUT2D eigenvalue weighted by Gasteiger charge is 2.00. The van der Waals surface area contributed by atoms with Gasteiger partial charge in [-0.25, -0.2) is 9.97 Å². The lowest BCUT2D eigenvalue weighted by Crippen LogP contribution is -2.12. The van der Waals surface area contributed by atoms with Crippen molar-refractivity contribution < 1.29 is 0 Å². The Balaban J connectivity index is 2.55. The lowest BCUT2D eigenvalue weighted by atomic mass is 10.1. The molecule has 1 rings (SSSR count). The number of anilines is 1. The van der Waals surface area contributed by atoms with Crippen molar-refractivity contribution in [3.8, 4) is 6.07 Å². The minimum atomic E-state index is 0.395. The van der Waals surface area contributed by atoms with Gasteiger partial charge in [0.25, 0.3) is 0 Å². The second-order valence-electron chi connectivity index (χ2n) is 3.27. The zero-order valence-corrected chi connectivity index (χ0v) is 8.49. The van der Waals surface area contributed by atoms with Crippen molar-refractivity contribution in [1.82, 2.24) is 9.97 Å². The molecule has 1 atom stereocenters. The van der Waals surface area contributed by atoms with Crippen LogP contribution in [0.1, 0.15) is 26.0 Å². The summed E-state index contributed by atoms with van der Waals surface area (Å²) in [7, 11) is 0. The molecule has 0 amide bonds. The summed E-state index contributed by atoms with van der Waals surface area (Å²) in [6.07, 6.45) is 2.70. The first-order valence-corrected chi connectivity index (χ1v) is 4.73. The third kappa shape index (κ3) is 3.02. The molecular formula is C10H14N4. The maximum absolute atomic E-state index is 8.62. The molecule has 0 radical (unpaired) electrons. The third-order valence-corrected chi connectivity index (χ3v) is 2.08. The molecule has 4 nitrogen and oxygen atoms in total. The zero-order chi connectivity index (χ0) is 10.4. The quantitative estimate of drug-likeness (QED) is 0.786. The fourth-order valence-electron chi connectivity index (χ4n) is 0.916. The largest absolute Gasteiger partial charge is 0.354 e. The molecule has 0 saturated carbocycles. The van der Waals surface area contributed by atoms with E-state index in [0.29, 0.717) is 17.6 Å². The number of hydrogen-bond acceptors (Lipinski definition) is 4. The predicted molar refractivity (Wildman–Crippen MR) is 54.7 cm³/mol. The van der Waals surface area contributed by atoms with Gasteiger partial charge in [0.05, 0.1) is 0 Å². The number of rotatable bonds is 4. The van der Waals surface area contributed by atoms with Gasteiger partial charge in [0.1, 0.15) is 11.8 Å². The molecule has 0 aliphatic heterocycles. The van der Waals surface area contributed by atoms with Crippen molar-refractivity contribution in [2.45, 2.75) is 20.3 Å². The third-order valence-electron chi connectivity index (χ3n) is 2.08. The SMILES string of the molecule is CCC(C)CNc1nccc(C#N)n1. The minimum Gasteiger partial charge on any atom is -0.354 e. The van der Waals surface area contributed by atoms with E-state index in [1.807, 2.05) is 6.07 Å². The van der Waals surface area contributed by atoms with E-state index in [4.69, 9.17) is 5.26 Å². The monoisotopic (exact) mass is 190 g/mol. The Morgan fingerprint density at radius 2 is 2.43 bits per heavy atom.